The summed E-state index contributed by atoms with van der Waals surface area (Å²) < 4.78 is 10.2. The van der Waals surface area contributed by atoms with Crippen LogP contribution in [0.2, 0.25) is 0 Å². The number of anilines is 1. The lowest BCUT2D eigenvalue weighted by molar-refractivity contribution is -0.142. The zero-order valence-electron chi connectivity index (χ0n) is 14.4. The van der Waals surface area contributed by atoms with Crippen molar-refractivity contribution in [2.75, 3.05) is 51.3 Å². The van der Waals surface area contributed by atoms with E-state index in [1.807, 2.05) is 12.1 Å². The summed E-state index contributed by atoms with van der Waals surface area (Å²) in [6.07, 6.45) is -0.680. The molecule has 0 bridgehead atoms. The fraction of sp³-hybridized carbons (Fsp3) is 0.500. The second kappa shape index (κ2) is 8.70. The van der Waals surface area contributed by atoms with E-state index in [1.165, 1.54) is 5.69 Å². The minimum Gasteiger partial charge on any atom is -0.497 e. The van der Waals surface area contributed by atoms with Crippen molar-refractivity contribution in [2.45, 2.75) is 13.0 Å². The molecule has 1 saturated heterocycles. The molecule has 0 unspecified atom stereocenters. The number of rotatable bonds is 7. The maximum absolute atomic E-state index is 11.3. The fourth-order valence-corrected chi connectivity index (χ4v) is 2.63. The van der Waals surface area contributed by atoms with Crippen molar-refractivity contribution in [3.63, 3.8) is 0 Å². The van der Waals surface area contributed by atoms with Crippen molar-refractivity contribution < 1.29 is 19.4 Å². The molecule has 1 aliphatic rings. The number of nitrogens with zero attached hydrogens (tertiary/aromatic N) is 2. The Hall–Kier alpha value is -2.05. The average Bonchev–Trinajstić information content (AvgIpc) is 2.60. The van der Waals surface area contributed by atoms with Gasteiger partial charge in [-0.1, -0.05) is 6.58 Å². The number of β-amino-alcohol motifs (C(OH)–C–C–N with tert-alkyl or cyclic N) is 1. The lowest BCUT2D eigenvalue weighted by atomic mass is 10.2. The Bertz CT molecular complexity index is 551. The van der Waals surface area contributed by atoms with E-state index in [2.05, 4.69) is 28.5 Å². The molecule has 1 aliphatic heterocycles. The smallest absolute Gasteiger partial charge is 0.333 e. The molecule has 6 heteroatoms. The monoisotopic (exact) mass is 334 g/mol. The van der Waals surface area contributed by atoms with Gasteiger partial charge in [-0.2, -0.15) is 0 Å². The highest BCUT2D eigenvalue weighted by Crippen LogP contribution is 2.20. The molecule has 1 aromatic rings. The molecule has 0 amide bonds. The highest BCUT2D eigenvalue weighted by atomic mass is 16.5. The second-order valence-electron chi connectivity index (χ2n) is 6.02. The van der Waals surface area contributed by atoms with Crippen LogP contribution < -0.4 is 9.64 Å². The van der Waals surface area contributed by atoms with E-state index in [-0.39, 0.29) is 6.61 Å². The third-order valence-corrected chi connectivity index (χ3v) is 4.03. The molecule has 0 radical (unpaired) electrons. The highest BCUT2D eigenvalue weighted by Gasteiger charge is 2.20. The predicted molar refractivity (Wildman–Crippen MR) is 93.4 cm³/mol. The van der Waals surface area contributed by atoms with Crippen LogP contribution in [0.3, 0.4) is 0 Å². The molecule has 6 nitrogen and oxygen atoms in total. The van der Waals surface area contributed by atoms with Crippen LogP contribution in [-0.4, -0.2) is 68.5 Å². The first-order valence-corrected chi connectivity index (χ1v) is 8.11. The molecule has 0 aliphatic carbocycles. The minimum absolute atomic E-state index is 0.00435. The summed E-state index contributed by atoms with van der Waals surface area (Å²) in [6.45, 7) is 9.12. The molecule has 1 atom stereocenters. The van der Waals surface area contributed by atoms with Crippen LogP contribution in [0.25, 0.3) is 0 Å². The predicted octanol–water partition coefficient (Wildman–Crippen LogP) is 1.30. The number of hydrogen-bond donors (Lipinski definition) is 1. The van der Waals surface area contributed by atoms with Crippen molar-refractivity contribution in [3.05, 3.63) is 36.4 Å². The number of ether oxygens (including phenoxy) is 2. The Morgan fingerprint density at radius 1 is 1.25 bits per heavy atom. The average molecular weight is 334 g/mol. The van der Waals surface area contributed by atoms with E-state index in [4.69, 9.17) is 9.47 Å². The van der Waals surface area contributed by atoms with E-state index in [0.717, 1.165) is 31.9 Å². The Balaban J connectivity index is 1.73. The van der Waals surface area contributed by atoms with Crippen LogP contribution in [0, 0.1) is 0 Å². The highest BCUT2D eigenvalue weighted by molar-refractivity contribution is 5.86. The number of aliphatic hydroxyl groups is 1. The lowest BCUT2D eigenvalue weighted by Crippen LogP contribution is -2.49. The Labute approximate surface area is 143 Å². The number of carbonyl (C=O) groups excluding carboxylic acids is 1. The van der Waals surface area contributed by atoms with Crippen molar-refractivity contribution in [3.8, 4) is 5.75 Å². The van der Waals surface area contributed by atoms with Gasteiger partial charge < -0.3 is 19.5 Å². The molecule has 1 aromatic carbocycles. The number of benzene rings is 1. The molecule has 0 spiro atoms. The van der Waals surface area contributed by atoms with Crippen molar-refractivity contribution in [2.24, 2.45) is 0 Å². The topological polar surface area (TPSA) is 62.2 Å². The van der Waals surface area contributed by atoms with Gasteiger partial charge in [-0.15, -0.1) is 0 Å². The van der Waals surface area contributed by atoms with E-state index in [1.54, 1.807) is 14.0 Å². The summed E-state index contributed by atoms with van der Waals surface area (Å²) in [5, 5.41) is 10.00. The second-order valence-corrected chi connectivity index (χ2v) is 6.02. The first-order chi connectivity index (χ1) is 11.5. The molecule has 1 fully saturated rings. The van der Waals surface area contributed by atoms with E-state index < -0.39 is 12.1 Å². The third-order valence-electron chi connectivity index (χ3n) is 4.03. The van der Waals surface area contributed by atoms with Gasteiger partial charge in [-0.25, -0.2) is 4.79 Å². The number of aliphatic hydroxyl groups excluding tert-OH is 1. The van der Waals surface area contributed by atoms with Crippen molar-refractivity contribution in [1.82, 2.24) is 4.90 Å². The molecule has 24 heavy (non-hydrogen) atoms. The number of methoxy groups -OCH3 is 1. The molecule has 1 heterocycles. The zero-order valence-corrected chi connectivity index (χ0v) is 14.4. The SMILES string of the molecule is C=C(C)C(=O)OC[C@@H](O)CN1CCN(c2ccc(OC)cc2)CC1. The fourth-order valence-electron chi connectivity index (χ4n) is 2.63. The van der Waals surface area contributed by atoms with E-state index >= 15 is 0 Å². The van der Waals surface area contributed by atoms with E-state index in [0.29, 0.717) is 12.1 Å². The van der Waals surface area contributed by atoms with Crippen LogP contribution in [0.15, 0.2) is 36.4 Å². The summed E-state index contributed by atoms with van der Waals surface area (Å²) in [5.41, 5.74) is 1.52. The molecular weight excluding hydrogens is 308 g/mol. The van der Waals surface area contributed by atoms with Crippen molar-refractivity contribution in [1.29, 1.82) is 0 Å². The van der Waals surface area contributed by atoms with Gasteiger partial charge in [0.25, 0.3) is 0 Å². The summed E-state index contributed by atoms with van der Waals surface area (Å²) in [4.78, 5) is 15.8. The van der Waals surface area contributed by atoms with Crippen LogP contribution in [-0.2, 0) is 9.53 Å². The maximum atomic E-state index is 11.3. The van der Waals surface area contributed by atoms with Gasteiger partial charge in [0.1, 0.15) is 18.5 Å². The number of esters is 1. The van der Waals surface area contributed by atoms with Gasteiger partial charge in [-0.3, -0.25) is 4.90 Å². The van der Waals surface area contributed by atoms with E-state index in [9.17, 15) is 9.90 Å². The minimum atomic E-state index is -0.680. The Morgan fingerprint density at radius 2 is 1.88 bits per heavy atom. The summed E-state index contributed by atoms with van der Waals surface area (Å²) >= 11 is 0. The lowest BCUT2D eigenvalue weighted by Gasteiger charge is -2.36. The normalized spacial score (nSPS) is 16.5. The van der Waals surface area contributed by atoms with Gasteiger partial charge >= 0.3 is 5.97 Å². The number of hydrogen-bond acceptors (Lipinski definition) is 6. The van der Waals surface area contributed by atoms with Gasteiger partial charge in [0, 0.05) is 44.0 Å². The maximum Gasteiger partial charge on any atom is 0.333 e. The van der Waals surface area contributed by atoms with Crippen LogP contribution in [0.1, 0.15) is 6.92 Å². The first-order valence-electron chi connectivity index (χ1n) is 8.11. The van der Waals surface area contributed by atoms with Crippen LogP contribution in [0.4, 0.5) is 5.69 Å². The Morgan fingerprint density at radius 3 is 2.42 bits per heavy atom. The standard InChI is InChI=1S/C18H26N2O4/c1-14(2)18(22)24-13-16(21)12-19-8-10-20(11-9-19)15-4-6-17(23-3)7-5-15/h4-7,16,21H,1,8-13H2,2-3H3/t16-/m0/s1. The first kappa shape index (κ1) is 18.3. The summed E-state index contributed by atoms with van der Waals surface area (Å²) in [7, 11) is 1.66. The van der Waals surface area contributed by atoms with Gasteiger partial charge in [0.2, 0.25) is 0 Å². The summed E-state index contributed by atoms with van der Waals surface area (Å²) in [5.74, 6) is 0.392. The van der Waals surface area contributed by atoms with Gasteiger partial charge in [0.05, 0.1) is 7.11 Å². The molecule has 0 saturated carbocycles. The molecule has 0 aromatic heterocycles. The molecule has 1 N–H and O–H groups in total. The quantitative estimate of drug-likeness (QED) is 0.599. The largest absolute Gasteiger partial charge is 0.497 e. The van der Waals surface area contributed by atoms with Gasteiger partial charge in [-0.05, 0) is 31.2 Å². The number of carbonyl (C=O) groups is 1. The molecule has 2 rings (SSSR count). The Kier molecular flexibility index (Phi) is 6.63. The molecular formula is C18H26N2O4. The van der Waals surface area contributed by atoms with Crippen LogP contribution in [0.5, 0.6) is 5.75 Å². The zero-order chi connectivity index (χ0) is 17.5. The molecule has 132 valence electrons. The van der Waals surface area contributed by atoms with Crippen molar-refractivity contribution >= 4 is 11.7 Å². The number of piperazine rings is 1. The van der Waals surface area contributed by atoms with Gasteiger partial charge in [0.15, 0.2) is 0 Å². The summed E-state index contributed by atoms with van der Waals surface area (Å²) in [6, 6.07) is 8.03. The van der Waals surface area contributed by atoms with Crippen LogP contribution >= 0.6 is 0 Å². The third kappa shape index (κ3) is 5.25.